The third kappa shape index (κ3) is 4.13. The molecule has 1 atom stereocenters. The number of nitrogens with zero attached hydrogens (tertiary/aromatic N) is 2. The molecule has 1 amide bonds. The number of benzene rings is 2. The Bertz CT molecular complexity index is 1230. The molecule has 7 nitrogen and oxygen atoms in total. The summed E-state index contributed by atoms with van der Waals surface area (Å²) in [6, 6.07) is 12.3. The maximum atomic E-state index is 13.0. The SMILES string of the molecule is COc1cc(C2CC(=O)Nc3c2c(=O)nc(SCc2ccccc2Cl)n3C)ccc1O. The number of anilines is 1. The molecular weight excluding hydrogens is 438 g/mol. The highest BCUT2D eigenvalue weighted by atomic mass is 35.5. The van der Waals surface area contributed by atoms with Gasteiger partial charge in [-0.3, -0.25) is 9.59 Å². The van der Waals surface area contributed by atoms with E-state index < -0.39 is 11.5 Å². The van der Waals surface area contributed by atoms with E-state index >= 15 is 0 Å². The number of phenolic OH excluding ortho intramolecular Hbond substituents is 1. The van der Waals surface area contributed by atoms with Gasteiger partial charge in [0.25, 0.3) is 5.56 Å². The van der Waals surface area contributed by atoms with Gasteiger partial charge in [0.15, 0.2) is 16.7 Å². The van der Waals surface area contributed by atoms with Gasteiger partial charge < -0.3 is 19.7 Å². The number of halogens is 1. The molecule has 2 N–H and O–H groups in total. The van der Waals surface area contributed by atoms with Crippen LogP contribution in [0.2, 0.25) is 5.02 Å². The molecule has 0 fully saturated rings. The second kappa shape index (κ2) is 8.64. The van der Waals surface area contributed by atoms with Crippen molar-refractivity contribution in [1.29, 1.82) is 0 Å². The Morgan fingerprint density at radius 2 is 2.06 bits per heavy atom. The third-order valence-corrected chi connectivity index (χ3v) is 6.67. The maximum absolute atomic E-state index is 13.0. The number of nitrogens with one attached hydrogen (secondary N) is 1. The molecule has 0 aliphatic carbocycles. The summed E-state index contributed by atoms with van der Waals surface area (Å²) in [5.41, 5.74) is 1.64. The molecule has 160 valence electrons. The fraction of sp³-hybridized carbons (Fsp3) is 0.227. The van der Waals surface area contributed by atoms with Gasteiger partial charge >= 0.3 is 0 Å². The summed E-state index contributed by atoms with van der Waals surface area (Å²) >= 11 is 7.60. The molecule has 1 aliphatic heterocycles. The van der Waals surface area contributed by atoms with Gasteiger partial charge in [0.05, 0.1) is 12.7 Å². The third-order valence-electron chi connectivity index (χ3n) is 5.22. The smallest absolute Gasteiger partial charge is 0.279 e. The van der Waals surface area contributed by atoms with Crippen LogP contribution in [0.1, 0.15) is 29.0 Å². The predicted molar refractivity (Wildman–Crippen MR) is 120 cm³/mol. The van der Waals surface area contributed by atoms with E-state index in [0.717, 1.165) is 5.56 Å². The molecule has 0 radical (unpaired) electrons. The summed E-state index contributed by atoms with van der Waals surface area (Å²) < 4.78 is 6.91. The van der Waals surface area contributed by atoms with Crippen LogP contribution in [-0.2, 0) is 17.6 Å². The average molecular weight is 458 g/mol. The highest BCUT2D eigenvalue weighted by Gasteiger charge is 2.32. The highest BCUT2D eigenvalue weighted by molar-refractivity contribution is 7.98. The summed E-state index contributed by atoms with van der Waals surface area (Å²) in [6.07, 6.45) is 0.101. The molecule has 3 aromatic rings. The lowest BCUT2D eigenvalue weighted by Gasteiger charge is -2.27. The number of hydrogen-bond acceptors (Lipinski definition) is 6. The van der Waals surface area contributed by atoms with Gasteiger partial charge in [-0.2, -0.15) is 4.98 Å². The molecule has 1 aromatic heterocycles. The van der Waals surface area contributed by atoms with E-state index in [9.17, 15) is 14.7 Å². The monoisotopic (exact) mass is 457 g/mol. The first kappa shape index (κ1) is 21.3. The highest BCUT2D eigenvalue weighted by Crippen LogP contribution is 2.39. The minimum atomic E-state index is -0.493. The molecule has 31 heavy (non-hydrogen) atoms. The van der Waals surface area contributed by atoms with Gasteiger partial charge in [0, 0.05) is 30.2 Å². The van der Waals surface area contributed by atoms with Crippen LogP contribution in [0.5, 0.6) is 11.5 Å². The van der Waals surface area contributed by atoms with Crippen molar-refractivity contribution in [2.24, 2.45) is 7.05 Å². The van der Waals surface area contributed by atoms with Crippen LogP contribution in [-0.4, -0.2) is 27.7 Å². The van der Waals surface area contributed by atoms with E-state index in [1.54, 1.807) is 23.7 Å². The zero-order chi connectivity index (χ0) is 22.1. The standard InChI is InChI=1S/C22H20ClN3O4S/c1-26-20-19(21(29)25-22(26)31-11-13-5-3-4-6-15(13)23)14(10-18(28)24-20)12-7-8-16(27)17(9-12)30-2/h3-9,14,27H,10-11H2,1-2H3,(H,24,28). The maximum Gasteiger partial charge on any atom is 0.279 e. The average Bonchev–Trinajstić information content (AvgIpc) is 2.76. The molecular formula is C22H20ClN3O4S. The molecule has 1 unspecified atom stereocenters. The second-order valence-electron chi connectivity index (χ2n) is 7.14. The van der Waals surface area contributed by atoms with Crippen molar-refractivity contribution in [3.05, 3.63) is 74.5 Å². The number of methoxy groups -OCH3 is 1. The predicted octanol–water partition coefficient (Wildman–Crippen LogP) is 3.91. The topological polar surface area (TPSA) is 93.5 Å². The fourth-order valence-electron chi connectivity index (χ4n) is 3.62. The summed E-state index contributed by atoms with van der Waals surface area (Å²) in [5, 5.41) is 13.8. The number of hydrogen-bond donors (Lipinski definition) is 2. The van der Waals surface area contributed by atoms with Crippen molar-refractivity contribution in [2.75, 3.05) is 12.4 Å². The number of amides is 1. The summed E-state index contributed by atoms with van der Waals surface area (Å²) in [7, 11) is 3.21. The lowest BCUT2D eigenvalue weighted by molar-refractivity contribution is -0.116. The Balaban J connectivity index is 1.74. The number of thioether (sulfide) groups is 1. The molecule has 1 aliphatic rings. The van der Waals surface area contributed by atoms with E-state index in [0.29, 0.717) is 32.9 Å². The Morgan fingerprint density at radius 3 is 2.81 bits per heavy atom. The minimum Gasteiger partial charge on any atom is -0.504 e. The molecule has 0 bridgehead atoms. The number of carbonyl (C=O) groups excluding carboxylic acids is 1. The molecule has 4 rings (SSSR count). The summed E-state index contributed by atoms with van der Waals surface area (Å²) in [6.45, 7) is 0. The lowest BCUT2D eigenvalue weighted by atomic mass is 9.86. The Kier molecular flexibility index (Phi) is 5.93. The number of rotatable bonds is 5. The van der Waals surface area contributed by atoms with Crippen LogP contribution in [0.15, 0.2) is 52.4 Å². The van der Waals surface area contributed by atoms with Crippen LogP contribution < -0.4 is 15.6 Å². The summed E-state index contributed by atoms with van der Waals surface area (Å²) in [5.74, 6) is 0.534. The van der Waals surface area contributed by atoms with Gasteiger partial charge in [-0.1, -0.05) is 47.6 Å². The molecule has 9 heteroatoms. The Hall–Kier alpha value is -2.97. The van der Waals surface area contributed by atoms with Crippen molar-refractivity contribution in [3.8, 4) is 11.5 Å². The lowest BCUT2D eigenvalue weighted by Crippen LogP contribution is -2.33. The van der Waals surface area contributed by atoms with Gasteiger partial charge in [-0.25, -0.2) is 0 Å². The van der Waals surface area contributed by atoms with E-state index in [1.807, 2.05) is 24.3 Å². The number of carbonyl (C=O) groups is 1. The Morgan fingerprint density at radius 1 is 1.29 bits per heavy atom. The first-order chi connectivity index (χ1) is 14.9. The molecule has 2 aromatic carbocycles. The van der Waals surface area contributed by atoms with Crippen LogP contribution in [0.4, 0.5) is 5.82 Å². The quantitative estimate of drug-likeness (QED) is 0.445. The molecule has 2 heterocycles. The van der Waals surface area contributed by atoms with Crippen LogP contribution in [0, 0.1) is 0 Å². The first-order valence-electron chi connectivity index (χ1n) is 9.53. The van der Waals surface area contributed by atoms with Gasteiger partial charge in [0.1, 0.15) is 5.82 Å². The number of aromatic hydroxyl groups is 1. The molecule has 0 saturated heterocycles. The molecule has 0 spiro atoms. The summed E-state index contributed by atoms with van der Waals surface area (Å²) in [4.78, 5) is 29.8. The van der Waals surface area contributed by atoms with Crippen molar-refractivity contribution in [2.45, 2.75) is 23.2 Å². The van der Waals surface area contributed by atoms with E-state index in [4.69, 9.17) is 16.3 Å². The van der Waals surface area contributed by atoms with Gasteiger partial charge in [-0.15, -0.1) is 0 Å². The first-order valence-corrected chi connectivity index (χ1v) is 10.9. The van der Waals surface area contributed by atoms with Crippen LogP contribution >= 0.6 is 23.4 Å². The zero-order valence-electron chi connectivity index (χ0n) is 16.9. The van der Waals surface area contributed by atoms with Gasteiger partial charge in [0.2, 0.25) is 5.91 Å². The number of aromatic nitrogens is 2. The van der Waals surface area contributed by atoms with Crippen molar-refractivity contribution in [1.82, 2.24) is 9.55 Å². The van der Waals surface area contributed by atoms with E-state index in [2.05, 4.69) is 10.3 Å². The van der Waals surface area contributed by atoms with Crippen LogP contribution in [0.3, 0.4) is 0 Å². The number of ether oxygens (including phenoxy) is 1. The number of fused-ring (bicyclic) bond motifs is 1. The van der Waals surface area contributed by atoms with Gasteiger partial charge in [-0.05, 0) is 29.3 Å². The van der Waals surface area contributed by atoms with E-state index in [-0.39, 0.29) is 23.8 Å². The van der Waals surface area contributed by atoms with Crippen molar-refractivity contribution >= 4 is 35.1 Å². The largest absolute Gasteiger partial charge is 0.504 e. The Labute approximate surface area is 188 Å². The normalized spacial score (nSPS) is 15.3. The fourth-order valence-corrected chi connectivity index (χ4v) is 4.87. The number of phenols is 1. The van der Waals surface area contributed by atoms with E-state index in [1.165, 1.54) is 24.9 Å². The van der Waals surface area contributed by atoms with Crippen molar-refractivity contribution < 1.29 is 14.6 Å². The molecule has 0 saturated carbocycles. The second-order valence-corrected chi connectivity index (χ2v) is 8.49. The zero-order valence-corrected chi connectivity index (χ0v) is 18.5. The van der Waals surface area contributed by atoms with Crippen molar-refractivity contribution in [3.63, 3.8) is 0 Å². The minimum absolute atomic E-state index is 0.0101. The van der Waals surface area contributed by atoms with Crippen LogP contribution in [0.25, 0.3) is 0 Å².